The lowest BCUT2D eigenvalue weighted by atomic mass is 9.88. The first-order valence-electron chi connectivity index (χ1n) is 9.55. The van der Waals surface area contributed by atoms with Gasteiger partial charge in [-0.25, -0.2) is 0 Å². The monoisotopic (exact) mass is 354 g/mol. The van der Waals surface area contributed by atoms with Crippen LogP contribution in [0, 0.1) is 11.8 Å². The van der Waals surface area contributed by atoms with Gasteiger partial charge in [0, 0.05) is 18.8 Å². The van der Waals surface area contributed by atoms with Gasteiger partial charge in [-0.2, -0.15) is 0 Å². The summed E-state index contributed by atoms with van der Waals surface area (Å²) in [5.41, 5.74) is 0. The molecule has 5 nitrogen and oxygen atoms in total. The summed E-state index contributed by atoms with van der Waals surface area (Å²) in [4.78, 5) is 10.6. The van der Waals surface area contributed by atoms with Gasteiger partial charge in [0.2, 0.25) is 0 Å². The van der Waals surface area contributed by atoms with Gasteiger partial charge in [-0.3, -0.25) is 4.79 Å². The van der Waals surface area contributed by atoms with E-state index in [4.69, 9.17) is 5.11 Å². The van der Waals surface area contributed by atoms with Crippen LogP contribution in [0.15, 0.2) is 24.3 Å². The van der Waals surface area contributed by atoms with Crippen molar-refractivity contribution in [2.45, 2.75) is 83.0 Å². The summed E-state index contributed by atoms with van der Waals surface area (Å²) in [7, 11) is 0. The van der Waals surface area contributed by atoms with Crippen molar-refractivity contribution < 1.29 is 25.2 Å². The molecule has 0 aliphatic heterocycles. The average molecular weight is 354 g/mol. The first-order chi connectivity index (χ1) is 12.0. The van der Waals surface area contributed by atoms with E-state index in [0.717, 1.165) is 6.42 Å². The Hall–Kier alpha value is -1.17. The summed E-state index contributed by atoms with van der Waals surface area (Å²) in [6.45, 7) is 2.17. The van der Waals surface area contributed by atoms with Crippen molar-refractivity contribution in [1.29, 1.82) is 0 Å². The highest BCUT2D eigenvalue weighted by Gasteiger charge is 2.39. The zero-order valence-corrected chi connectivity index (χ0v) is 15.3. The Morgan fingerprint density at radius 2 is 1.92 bits per heavy atom. The second-order valence-corrected chi connectivity index (χ2v) is 7.05. The summed E-state index contributed by atoms with van der Waals surface area (Å²) < 4.78 is 0. The molecule has 1 fully saturated rings. The van der Waals surface area contributed by atoms with Crippen molar-refractivity contribution in [1.82, 2.24) is 0 Å². The van der Waals surface area contributed by atoms with Crippen LogP contribution in [-0.4, -0.2) is 44.7 Å². The summed E-state index contributed by atoms with van der Waals surface area (Å²) in [6, 6.07) is 0. The Bertz CT molecular complexity index is 432. The molecule has 1 rings (SSSR count). The van der Waals surface area contributed by atoms with E-state index < -0.39 is 24.3 Å². The van der Waals surface area contributed by atoms with E-state index in [1.54, 1.807) is 12.2 Å². The average Bonchev–Trinajstić information content (AvgIpc) is 2.82. The van der Waals surface area contributed by atoms with Crippen molar-refractivity contribution in [3.63, 3.8) is 0 Å². The lowest BCUT2D eigenvalue weighted by Gasteiger charge is -2.20. The van der Waals surface area contributed by atoms with Gasteiger partial charge in [0.05, 0.1) is 18.3 Å². The molecule has 0 bridgehead atoms. The fourth-order valence-corrected chi connectivity index (χ4v) is 3.47. The number of aliphatic hydroxyl groups is 3. The van der Waals surface area contributed by atoms with E-state index >= 15 is 0 Å². The lowest BCUT2D eigenvalue weighted by molar-refractivity contribution is -0.137. The second-order valence-electron chi connectivity index (χ2n) is 7.05. The molecule has 0 aromatic rings. The van der Waals surface area contributed by atoms with E-state index in [9.17, 15) is 20.1 Å². The molecule has 0 heterocycles. The highest BCUT2D eigenvalue weighted by molar-refractivity contribution is 5.66. The number of aliphatic hydroxyl groups excluding tert-OH is 3. The standard InChI is InChI=1S/C20H34O5/c1-2-3-4-5-6-7-9-15(21)12-13-17-16(10-8-11-20(24)25)18(22)14-19(17)23/h6-7,12-13,15-19,21-23H,2-5,8-11,14H2,1H3,(H,24,25)/b7-6-,13-12+/t15-,16+,17+,18-,19+/m0/s1. The smallest absolute Gasteiger partial charge is 0.303 e. The van der Waals surface area contributed by atoms with Gasteiger partial charge in [0.15, 0.2) is 0 Å². The molecule has 1 aliphatic carbocycles. The van der Waals surface area contributed by atoms with Gasteiger partial charge >= 0.3 is 5.97 Å². The number of rotatable bonds is 12. The number of carboxylic acid groups (broad SMARTS) is 1. The topological polar surface area (TPSA) is 98.0 Å². The number of carboxylic acids is 1. The number of allylic oxidation sites excluding steroid dienone is 1. The van der Waals surface area contributed by atoms with Crippen molar-refractivity contribution in [2.24, 2.45) is 11.8 Å². The minimum absolute atomic E-state index is 0.0706. The predicted octanol–water partition coefficient (Wildman–Crippen LogP) is 3.04. The van der Waals surface area contributed by atoms with E-state index in [-0.39, 0.29) is 18.3 Å². The van der Waals surface area contributed by atoms with Crippen LogP contribution in [0.5, 0.6) is 0 Å². The van der Waals surface area contributed by atoms with Crippen LogP contribution in [0.25, 0.3) is 0 Å². The minimum Gasteiger partial charge on any atom is -0.481 e. The third-order valence-corrected chi connectivity index (χ3v) is 4.92. The molecular weight excluding hydrogens is 320 g/mol. The maximum Gasteiger partial charge on any atom is 0.303 e. The highest BCUT2D eigenvalue weighted by Crippen LogP contribution is 2.37. The van der Waals surface area contributed by atoms with Crippen LogP contribution in [-0.2, 0) is 4.79 Å². The second kappa shape index (κ2) is 12.2. The van der Waals surface area contributed by atoms with Crippen molar-refractivity contribution >= 4 is 5.97 Å². The first kappa shape index (κ1) is 21.9. The van der Waals surface area contributed by atoms with Crippen LogP contribution < -0.4 is 0 Å². The molecule has 0 spiro atoms. The molecular formula is C20H34O5. The van der Waals surface area contributed by atoms with E-state index in [2.05, 4.69) is 13.0 Å². The number of carbonyl (C=O) groups is 1. The lowest BCUT2D eigenvalue weighted by Crippen LogP contribution is -2.21. The Kier molecular flexibility index (Phi) is 10.7. The zero-order valence-electron chi connectivity index (χ0n) is 15.3. The fourth-order valence-electron chi connectivity index (χ4n) is 3.47. The SMILES string of the molecule is CCCCC/C=C\C[C@H](O)/C=C/[C@@H]1[C@@H](CCCC(=O)O)[C@@H](O)C[C@H]1O. The summed E-state index contributed by atoms with van der Waals surface area (Å²) >= 11 is 0. The number of hydrogen-bond acceptors (Lipinski definition) is 4. The molecule has 4 N–H and O–H groups in total. The molecule has 1 saturated carbocycles. The molecule has 25 heavy (non-hydrogen) atoms. The van der Waals surface area contributed by atoms with Gasteiger partial charge in [0.1, 0.15) is 0 Å². The molecule has 1 aliphatic rings. The summed E-state index contributed by atoms with van der Waals surface area (Å²) in [6.07, 6.45) is 12.3. The van der Waals surface area contributed by atoms with Crippen LogP contribution in [0.4, 0.5) is 0 Å². The molecule has 0 saturated heterocycles. The summed E-state index contributed by atoms with van der Waals surface area (Å²) in [5, 5.41) is 39.0. The fraction of sp³-hybridized carbons (Fsp3) is 0.750. The third kappa shape index (κ3) is 8.66. The molecule has 5 atom stereocenters. The van der Waals surface area contributed by atoms with Gasteiger partial charge in [-0.1, -0.05) is 44.1 Å². The summed E-state index contributed by atoms with van der Waals surface area (Å²) in [5.74, 6) is -1.23. The van der Waals surface area contributed by atoms with Crippen molar-refractivity contribution in [2.75, 3.05) is 0 Å². The van der Waals surface area contributed by atoms with Gasteiger partial charge in [-0.05, 0) is 38.0 Å². The maximum absolute atomic E-state index is 10.6. The van der Waals surface area contributed by atoms with Crippen LogP contribution in [0.1, 0.15) is 64.7 Å². The van der Waals surface area contributed by atoms with E-state index in [0.29, 0.717) is 25.7 Å². The molecule has 0 unspecified atom stereocenters. The van der Waals surface area contributed by atoms with Crippen molar-refractivity contribution in [3.8, 4) is 0 Å². The Balaban J connectivity index is 2.44. The predicted molar refractivity (Wildman–Crippen MR) is 98.1 cm³/mol. The van der Waals surface area contributed by atoms with Crippen LogP contribution >= 0.6 is 0 Å². The Morgan fingerprint density at radius 1 is 1.16 bits per heavy atom. The van der Waals surface area contributed by atoms with Gasteiger partial charge in [0.25, 0.3) is 0 Å². The van der Waals surface area contributed by atoms with Gasteiger partial charge < -0.3 is 20.4 Å². The van der Waals surface area contributed by atoms with Crippen LogP contribution in [0.2, 0.25) is 0 Å². The van der Waals surface area contributed by atoms with E-state index in [1.807, 2.05) is 6.08 Å². The normalized spacial score (nSPS) is 28.2. The number of hydrogen-bond donors (Lipinski definition) is 4. The molecule has 5 heteroatoms. The highest BCUT2D eigenvalue weighted by atomic mass is 16.4. The molecule has 0 aromatic carbocycles. The quantitative estimate of drug-likeness (QED) is 0.319. The van der Waals surface area contributed by atoms with Gasteiger partial charge in [-0.15, -0.1) is 0 Å². The number of aliphatic carboxylic acids is 1. The molecule has 0 radical (unpaired) electrons. The number of unbranched alkanes of at least 4 members (excludes halogenated alkanes) is 3. The Morgan fingerprint density at radius 3 is 2.60 bits per heavy atom. The third-order valence-electron chi connectivity index (χ3n) is 4.92. The van der Waals surface area contributed by atoms with Crippen molar-refractivity contribution in [3.05, 3.63) is 24.3 Å². The molecule has 0 amide bonds. The molecule has 144 valence electrons. The maximum atomic E-state index is 10.6. The molecule has 0 aromatic heterocycles. The largest absolute Gasteiger partial charge is 0.481 e. The van der Waals surface area contributed by atoms with Crippen LogP contribution in [0.3, 0.4) is 0 Å². The van der Waals surface area contributed by atoms with E-state index in [1.165, 1.54) is 19.3 Å². The zero-order chi connectivity index (χ0) is 18.7. The first-order valence-corrected chi connectivity index (χ1v) is 9.55. The minimum atomic E-state index is -0.846. The Labute approximate surface area is 151 Å².